The van der Waals surface area contributed by atoms with Gasteiger partial charge in [-0.15, -0.1) is 0 Å². The molecule has 0 heterocycles. The van der Waals surface area contributed by atoms with E-state index in [1.54, 1.807) is 13.8 Å². The van der Waals surface area contributed by atoms with Crippen molar-refractivity contribution in [3.8, 4) is 0 Å². The van der Waals surface area contributed by atoms with E-state index in [2.05, 4.69) is 65.3 Å². The Morgan fingerprint density at radius 1 is 0.557 bits per heavy atom. The summed E-state index contributed by atoms with van der Waals surface area (Å²) in [6.07, 6.45) is 4.79. The highest BCUT2D eigenvalue weighted by Gasteiger charge is 2.33. The van der Waals surface area contributed by atoms with E-state index in [1.165, 1.54) is 19.9 Å². The Morgan fingerprint density at radius 3 is 1.34 bits per heavy atom. The van der Waals surface area contributed by atoms with Crippen molar-refractivity contribution >= 4 is 41.4 Å². The number of benzene rings is 1. The number of hydrogen-bond donors (Lipinski definition) is 11. The maximum atomic E-state index is 13.3. The van der Waals surface area contributed by atoms with Crippen molar-refractivity contribution in [1.29, 1.82) is 0 Å². The van der Waals surface area contributed by atoms with Crippen molar-refractivity contribution < 1.29 is 48.9 Å². The van der Waals surface area contributed by atoms with E-state index in [9.17, 15) is 38.7 Å². The Morgan fingerprint density at radius 2 is 0.934 bits per heavy atom. The molecule has 7 atom stereocenters. The van der Waals surface area contributed by atoms with Crippen molar-refractivity contribution in [2.75, 3.05) is 41.0 Å². The van der Waals surface area contributed by atoms with Crippen molar-refractivity contribution in [1.82, 2.24) is 31.9 Å². The number of amides is 7. The molecule has 0 spiro atoms. The zero-order chi connectivity index (χ0) is 48.5. The summed E-state index contributed by atoms with van der Waals surface area (Å²) in [5.41, 5.74) is 10.7. The van der Waals surface area contributed by atoms with E-state index in [0.29, 0.717) is 25.7 Å². The summed E-state index contributed by atoms with van der Waals surface area (Å²) in [5, 5.41) is 38.6. The summed E-state index contributed by atoms with van der Waals surface area (Å²) in [6.45, 7) is 17.6. The Hall–Kier alpha value is -4.65. The third-order valence-corrected chi connectivity index (χ3v) is 8.61. The predicted molar refractivity (Wildman–Crippen MR) is 241 cm³/mol. The van der Waals surface area contributed by atoms with E-state index in [4.69, 9.17) is 15.9 Å². The van der Waals surface area contributed by atoms with Crippen LogP contribution in [0, 0.1) is 17.8 Å². The van der Waals surface area contributed by atoms with Crippen LogP contribution < -0.4 is 43.4 Å². The third kappa shape index (κ3) is 31.8. The molecular weight excluding hydrogens is 789 g/mol. The second-order valence-corrected chi connectivity index (χ2v) is 13.8. The average molecular weight is 873 g/mol. The molecule has 18 nitrogen and oxygen atoms in total. The SMILES string of the molecule is CCC.CCC.CCC(C)C(NC(=O)CNC(=O)CNC(=O)C(NC(=O)CCc1ccccc1)[C@@H](C)CC)C(=O)NC(C(=O)NC(CO)C(N)=O)[C@@H](C)CC.CN.CO.CO. The zero-order valence-corrected chi connectivity index (χ0v) is 39.4. The molecule has 356 valence electrons. The van der Waals surface area contributed by atoms with Crippen LogP contribution in [0.3, 0.4) is 0 Å². The van der Waals surface area contributed by atoms with Gasteiger partial charge < -0.3 is 58.7 Å². The largest absolute Gasteiger partial charge is 0.400 e. The monoisotopic (exact) mass is 873 g/mol. The molecule has 0 aliphatic heterocycles. The molecular formula is C43H84N8O10. The fraction of sp³-hybridized carbons (Fsp3) is 0.698. The van der Waals surface area contributed by atoms with E-state index in [-0.39, 0.29) is 30.1 Å². The van der Waals surface area contributed by atoms with Gasteiger partial charge in [0.15, 0.2) is 0 Å². The number of primary amides is 1. The van der Waals surface area contributed by atoms with Crippen molar-refractivity contribution in [3.05, 3.63) is 35.9 Å². The molecule has 0 saturated carbocycles. The van der Waals surface area contributed by atoms with Crippen molar-refractivity contribution in [2.45, 2.75) is 138 Å². The highest BCUT2D eigenvalue weighted by molar-refractivity contribution is 5.95. The standard InChI is InChI=1S/C34H55N7O8.2C3H8.CH5N.2CH4O/c1-7-20(4)28(39-25(43)16-15-23-13-11-10-12-14-23)32(47)37-17-26(44)36-18-27(45)40-29(21(5)8-2)34(49)41-30(22(6)9-3)33(48)38-24(19-42)31(35)46;2*1-3-2;3*1-2/h10-14,20-22,24,28-30,42H,7-9,15-19H2,1-6H3,(H2,35,46)(H,36,44)(H,37,47)(H,38,48)(H,39,43)(H,40,45)(H,41,49);2*3H2,1-2H3;2H2,1H3;2*2H,1H3/t20-,21?,22-,24?,28?,29?,30?;;;;;/m0...../s1. The Bertz CT molecular complexity index is 1310. The summed E-state index contributed by atoms with van der Waals surface area (Å²) >= 11 is 0. The number of aryl methyl sites for hydroxylation is 1. The lowest BCUT2D eigenvalue weighted by Gasteiger charge is -2.29. The first-order valence-electron chi connectivity index (χ1n) is 21.2. The molecule has 5 unspecified atom stereocenters. The predicted octanol–water partition coefficient (Wildman–Crippen LogP) is 1.03. The van der Waals surface area contributed by atoms with Gasteiger partial charge in [0.05, 0.1) is 19.7 Å². The molecule has 0 bridgehead atoms. The second-order valence-electron chi connectivity index (χ2n) is 13.8. The Kier molecular flexibility index (Phi) is 46.6. The average Bonchev–Trinajstić information content (AvgIpc) is 3.27. The summed E-state index contributed by atoms with van der Waals surface area (Å²) in [5.74, 6) is -5.41. The van der Waals surface area contributed by atoms with Crippen LogP contribution in [0.1, 0.15) is 113 Å². The topological polar surface area (TPSA) is 304 Å². The molecule has 7 amide bonds. The number of nitrogens with one attached hydrogen (secondary N) is 6. The maximum absolute atomic E-state index is 13.3. The number of aliphatic hydroxyl groups is 3. The van der Waals surface area contributed by atoms with E-state index < -0.39 is 79.3 Å². The van der Waals surface area contributed by atoms with Gasteiger partial charge in [0.2, 0.25) is 41.4 Å². The minimum atomic E-state index is -1.33. The Balaban J connectivity index is -0.000000785. The summed E-state index contributed by atoms with van der Waals surface area (Å²) < 4.78 is 0. The van der Waals surface area contributed by atoms with Gasteiger partial charge >= 0.3 is 0 Å². The smallest absolute Gasteiger partial charge is 0.243 e. The molecule has 0 radical (unpaired) electrons. The molecule has 18 heteroatoms. The van der Waals surface area contributed by atoms with E-state index >= 15 is 0 Å². The molecule has 0 aromatic heterocycles. The van der Waals surface area contributed by atoms with Crippen LogP contribution in [0.15, 0.2) is 30.3 Å². The molecule has 0 fully saturated rings. The van der Waals surface area contributed by atoms with Gasteiger partial charge in [0.25, 0.3) is 0 Å². The quantitative estimate of drug-likeness (QED) is 0.0782. The van der Waals surface area contributed by atoms with Crippen LogP contribution in [0.5, 0.6) is 0 Å². The first kappa shape index (κ1) is 65.5. The fourth-order valence-electron chi connectivity index (χ4n) is 4.71. The normalized spacial score (nSPS) is 13.1. The minimum Gasteiger partial charge on any atom is -0.400 e. The van der Waals surface area contributed by atoms with Crippen LogP contribution in [-0.2, 0) is 40.0 Å². The molecule has 1 aromatic carbocycles. The number of carbonyl (C=O) groups is 7. The number of nitrogens with two attached hydrogens (primary N) is 2. The first-order chi connectivity index (χ1) is 29.0. The van der Waals surface area contributed by atoms with Crippen LogP contribution in [-0.4, -0.2) is 122 Å². The van der Waals surface area contributed by atoms with Crippen LogP contribution in [0.25, 0.3) is 0 Å². The molecule has 61 heavy (non-hydrogen) atoms. The van der Waals surface area contributed by atoms with Crippen molar-refractivity contribution in [3.63, 3.8) is 0 Å². The minimum absolute atomic E-state index is 0.195. The van der Waals surface area contributed by atoms with E-state index in [0.717, 1.165) is 19.8 Å². The number of aliphatic hydroxyl groups excluding tert-OH is 3. The molecule has 0 aliphatic carbocycles. The van der Waals surface area contributed by atoms with Crippen LogP contribution in [0.4, 0.5) is 0 Å². The molecule has 0 saturated heterocycles. The molecule has 0 aliphatic rings. The zero-order valence-electron chi connectivity index (χ0n) is 39.4. The number of carbonyl (C=O) groups excluding carboxylic acids is 7. The second kappa shape index (κ2) is 43.4. The molecule has 13 N–H and O–H groups in total. The lowest BCUT2D eigenvalue weighted by molar-refractivity contribution is -0.135. The van der Waals surface area contributed by atoms with E-state index in [1.807, 2.05) is 58.0 Å². The fourth-order valence-corrected chi connectivity index (χ4v) is 4.71. The summed E-state index contributed by atoms with van der Waals surface area (Å²) in [6, 6.07) is 5.14. The molecule has 1 rings (SSSR count). The van der Waals surface area contributed by atoms with Gasteiger partial charge in [-0.05, 0) is 36.8 Å². The third-order valence-electron chi connectivity index (χ3n) is 8.61. The van der Waals surface area contributed by atoms with Crippen LogP contribution in [0.2, 0.25) is 0 Å². The van der Waals surface area contributed by atoms with Gasteiger partial charge in [0, 0.05) is 20.6 Å². The van der Waals surface area contributed by atoms with Crippen LogP contribution >= 0.6 is 0 Å². The first-order valence-corrected chi connectivity index (χ1v) is 21.2. The maximum Gasteiger partial charge on any atom is 0.243 e. The van der Waals surface area contributed by atoms with Gasteiger partial charge in [-0.1, -0.05) is 132 Å². The molecule has 1 aromatic rings. The highest BCUT2D eigenvalue weighted by atomic mass is 16.3. The van der Waals surface area contributed by atoms with Gasteiger partial charge in [0.1, 0.15) is 24.2 Å². The number of hydrogen-bond acceptors (Lipinski definition) is 11. The lowest BCUT2D eigenvalue weighted by atomic mass is 9.94. The van der Waals surface area contributed by atoms with Gasteiger partial charge in [-0.25, -0.2) is 0 Å². The van der Waals surface area contributed by atoms with Gasteiger partial charge in [-0.3, -0.25) is 33.6 Å². The van der Waals surface area contributed by atoms with Gasteiger partial charge in [-0.2, -0.15) is 0 Å². The summed E-state index contributed by atoms with van der Waals surface area (Å²) in [4.78, 5) is 88.7. The number of rotatable bonds is 22. The summed E-state index contributed by atoms with van der Waals surface area (Å²) in [7, 11) is 3.50. The highest BCUT2D eigenvalue weighted by Crippen LogP contribution is 2.13. The van der Waals surface area contributed by atoms with Crippen molar-refractivity contribution in [2.24, 2.45) is 29.2 Å². The lowest BCUT2D eigenvalue weighted by Crippen LogP contribution is -2.60. The Labute approximate surface area is 365 Å².